The van der Waals surface area contributed by atoms with Crippen molar-refractivity contribution in [3.63, 3.8) is 0 Å². The van der Waals surface area contributed by atoms with Crippen LogP contribution >= 0.6 is 34.4 Å². The number of amides is 2. The van der Waals surface area contributed by atoms with Gasteiger partial charge in [0.1, 0.15) is 5.00 Å². The molecule has 1 aliphatic rings. The number of nitrogens with one attached hydrogen (secondary N) is 1. The van der Waals surface area contributed by atoms with Crippen molar-refractivity contribution in [3.05, 3.63) is 44.6 Å². The van der Waals surface area contributed by atoms with Crippen LogP contribution in [0.1, 0.15) is 59.5 Å². The molecule has 0 spiro atoms. The highest BCUT2D eigenvalue weighted by Crippen LogP contribution is 2.38. The lowest BCUT2D eigenvalue weighted by Gasteiger charge is -2.08. The molecule has 2 aromatic heterocycles. The van der Waals surface area contributed by atoms with Gasteiger partial charge in [0.25, 0.3) is 5.91 Å². The minimum atomic E-state index is -0.378. The van der Waals surface area contributed by atoms with Gasteiger partial charge in [0.05, 0.1) is 33.9 Å². The summed E-state index contributed by atoms with van der Waals surface area (Å²) in [7, 11) is 0. The molecule has 0 bridgehead atoms. The summed E-state index contributed by atoms with van der Waals surface area (Å²) < 4.78 is 8.42. The van der Waals surface area contributed by atoms with Crippen LogP contribution in [0.3, 0.4) is 0 Å². The number of fused-ring (bicyclic) bond motifs is 2. The van der Waals surface area contributed by atoms with Crippen molar-refractivity contribution in [1.82, 2.24) is 4.57 Å². The Morgan fingerprint density at radius 1 is 1.11 bits per heavy atom. The standard InChI is InChI=1S/C26H31N3O4S3/c1-4-29-18-12-11-16(3)13-20(18)36-26(29)28-22(31)15-34-14-21(30)27-24-23(25(32)33-5-2)17-9-7-6-8-10-19(17)35-24/h11-13H,4-10,14-15H2,1-3H3,(H,27,30). The lowest BCUT2D eigenvalue weighted by atomic mass is 10.1. The highest BCUT2D eigenvalue weighted by molar-refractivity contribution is 8.00. The molecule has 0 atom stereocenters. The van der Waals surface area contributed by atoms with Crippen LogP contribution in [-0.2, 0) is 33.7 Å². The third kappa shape index (κ3) is 6.10. The number of anilines is 1. The SMILES string of the molecule is CCOC(=O)c1c(NC(=O)CSCC(=O)N=c2sc3cc(C)ccc3n2CC)sc2c1CCCCC2. The Balaban J connectivity index is 1.40. The second kappa shape index (κ2) is 12.2. The molecule has 0 saturated carbocycles. The third-order valence-corrected chi connectivity index (χ3v) is 9.15. The topological polar surface area (TPSA) is 89.8 Å². The van der Waals surface area contributed by atoms with E-state index in [-0.39, 0.29) is 35.9 Å². The molecule has 36 heavy (non-hydrogen) atoms. The first kappa shape index (κ1) is 26.6. The molecule has 10 heteroatoms. The molecule has 0 aliphatic heterocycles. The molecule has 0 saturated heterocycles. The Kier molecular flexibility index (Phi) is 9.03. The zero-order valence-electron chi connectivity index (χ0n) is 20.8. The molecular formula is C26H31N3O4S3. The summed E-state index contributed by atoms with van der Waals surface area (Å²) in [4.78, 5) is 44.1. The average Bonchev–Trinajstić information content (AvgIpc) is 3.25. The zero-order chi connectivity index (χ0) is 25.7. The molecule has 3 aromatic rings. The molecule has 0 fully saturated rings. The number of hydrogen-bond donors (Lipinski definition) is 1. The summed E-state index contributed by atoms with van der Waals surface area (Å²) >= 11 is 4.20. The van der Waals surface area contributed by atoms with Gasteiger partial charge < -0.3 is 14.6 Å². The van der Waals surface area contributed by atoms with Crippen LogP contribution < -0.4 is 10.1 Å². The summed E-state index contributed by atoms with van der Waals surface area (Å²) in [6, 6.07) is 6.21. The molecule has 1 N–H and O–H groups in total. The summed E-state index contributed by atoms with van der Waals surface area (Å²) in [5.41, 5.74) is 3.76. The molecule has 1 aliphatic carbocycles. The van der Waals surface area contributed by atoms with Gasteiger partial charge in [0, 0.05) is 11.4 Å². The number of aromatic nitrogens is 1. The van der Waals surface area contributed by atoms with Crippen molar-refractivity contribution < 1.29 is 19.1 Å². The van der Waals surface area contributed by atoms with E-state index in [4.69, 9.17) is 4.74 Å². The molecule has 2 heterocycles. The number of hydrogen-bond acceptors (Lipinski definition) is 7. The predicted octanol–water partition coefficient (Wildman–Crippen LogP) is 5.34. The Labute approximate surface area is 223 Å². The van der Waals surface area contributed by atoms with Crippen molar-refractivity contribution in [2.75, 3.05) is 23.4 Å². The summed E-state index contributed by atoms with van der Waals surface area (Å²) in [6.07, 6.45) is 5.00. The van der Waals surface area contributed by atoms with Gasteiger partial charge in [-0.05, 0) is 69.7 Å². The second-order valence-electron chi connectivity index (χ2n) is 8.64. The number of thioether (sulfide) groups is 1. The minimum Gasteiger partial charge on any atom is -0.462 e. The predicted molar refractivity (Wildman–Crippen MR) is 148 cm³/mol. The highest BCUT2D eigenvalue weighted by Gasteiger charge is 2.26. The maximum absolute atomic E-state index is 12.7. The Morgan fingerprint density at radius 3 is 2.69 bits per heavy atom. The summed E-state index contributed by atoms with van der Waals surface area (Å²) in [5.74, 6) is -0.678. The number of benzene rings is 1. The first-order valence-electron chi connectivity index (χ1n) is 12.3. The number of thiazole rings is 1. The molecule has 2 amide bonds. The van der Waals surface area contributed by atoms with Gasteiger partial charge in [0.2, 0.25) is 5.91 Å². The molecular weight excluding hydrogens is 515 g/mol. The number of nitrogens with zero attached hydrogens (tertiary/aromatic N) is 2. The summed E-state index contributed by atoms with van der Waals surface area (Å²) in [5, 5.41) is 3.47. The van der Waals surface area contributed by atoms with Crippen molar-refractivity contribution in [2.45, 2.75) is 59.4 Å². The van der Waals surface area contributed by atoms with Gasteiger partial charge in [-0.3, -0.25) is 9.59 Å². The van der Waals surface area contributed by atoms with E-state index < -0.39 is 0 Å². The minimum absolute atomic E-state index is 0.103. The molecule has 7 nitrogen and oxygen atoms in total. The Hall–Kier alpha value is -2.43. The van der Waals surface area contributed by atoms with Crippen molar-refractivity contribution >= 4 is 67.4 Å². The first-order chi connectivity index (χ1) is 17.4. The van der Waals surface area contributed by atoms with Crippen LogP contribution in [0.2, 0.25) is 0 Å². The number of thiophene rings is 1. The van der Waals surface area contributed by atoms with Crippen LogP contribution in [0.15, 0.2) is 23.2 Å². The fourth-order valence-electron chi connectivity index (χ4n) is 4.35. The average molecular weight is 546 g/mol. The van der Waals surface area contributed by atoms with E-state index in [2.05, 4.69) is 28.5 Å². The van der Waals surface area contributed by atoms with Gasteiger partial charge in [0.15, 0.2) is 4.80 Å². The Morgan fingerprint density at radius 2 is 1.92 bits per heavy atom. The molecule has 192 valence electrons. The number of carbonyl (C=O) groups excluding carboxylic acids is 3. The van der Waals surface area contributed by atoms with Crippen LogP contribution in [0.25, 0.3) is 10.2 Å². The van der Waals surface area contributed by atoms with Crippen molar-refractivity contribution in [2.24, 2.45) is 4.99 Å². The molecule has 4 rings (SSSR count). The van der Waals surface area contributed by atoms with Crippen LogP contribution in [0, 0.1) is 6.92 Å². The van der Waals surface area contributed by atoms with Gasteiger partial charge in [-0.1, -0.05) is 23.8 Å². The fourth-order valence-corrected chi connectivity index (χ4v) is 7.46. The van der Waals surface area contributed by atoms with Crippen molar-refractivity contribution in [3.8, 4) is 0 Å². The normalized spacial score (nSPS) is 13.9. The van der Waals surface area contributed by atoms with Gasteiger partial charge >= 0.3 is 5.97 Å². The molecule has 0 unspecified atom stereocenters. The maximum Gasteiger partial charge on any atom is 0.341 e. The van der Waals surface area contributed by atoms with Gasteiger partial charge in [-0.25, -0.2) is 4.79 Å². The maximum atomic E-state index is 12.7. The van der Waals surface area contributed by atoms with Crippen LogP contribution in [0.5, 0.6) is 0 Å². The van der Waals surface area contributed by atoms with E-state index in [1.165, 1.54) is 40.0 Å². The number of esters is 1. The fraction of sp³-hybridized carbons (Fsp3) is 0.462. The third-order valence-electron chi connectivity index (χ3n) is 5.99. The quantitative estimate of drug-likeness (QED) is 0.305. The molecule has 1 aromatic carbocycles. The van der Waals surface area contributed by atoms with E-state index >= 15 is 0 Å². The van der Waals surface area contributed by atoms with Crippen LogP contribution in [-0.4, -0.2) is 40.5 Å². The van der Waals surface area contributed by atoms with Crippen molar-refractivity contribution in [1.29, 1.82) is 0 Å². The van der Waals surface area contributed by atoms with E-state index in [1.54, 1.807) is 6.92 Å². The monoisotopic (exact) mass is 545 g/mol. The molecule has 0 radical (unpaired) electrons. The second-order valence-corrected chi connectivity index (χ2v) is 11.7. The number of carbonyl (C=O) groups is 3. The largest absolute Gasteiger partial charge is 0.462 e. The first-order valence-corrected chi connectivity index (χ1v) is 15.1. The zero-order valence-corrected chi connectivity index (χ0v) is 23.3. The van der Waals surface area contributed by atoms with E-state index in [0.29, 0.717) is 15.4 Å². The number of rotatable bonds is 8. The van der Waals surface area contributed by atoms with E-state index in [1.807, 2.05) is 18.4 Å². The smallest absolute Gasteiger partial charge is 0.341 e. The number of aryl methyl sites for hydroxylation is 3. The van der Waals surface area contributed by atoms with Gasteiger partial charge in [-0.2, -0.15) is 4.99 Å². The van der Waals surface area contributed by atoms with Crippen LogP contribution in [0.4, 0.5) is 5.00 Å². The summed E-state index contributed by atoms with van der Waals surface area (Å²) in [6.45, 7) is 6.86. The number of ether oxygens (including phenoxy) is 1. The van der Waals surface area contributed by atoms with E-state index in [0.717, 1.165) is 59.3 Å². The van der Waals surface area contributed by atoms with Gasteiger partial charge in [-0.15, -0.1) is 23.1 Å². The highest BCUT2D eigenvalue weighted by atomic mass is 32.2. The lowest BCUT2D eigenvalue weighted by molar-refractivity contribution is -0.115. The Bertz CT molecular complexity index is 1350. The van der Waals surface area contributed by atoms with E-state index in [9.17, 15) is 14.4 Å². The lowest BCUT2D eigenvalue weighted by Crippen LogP contribution is -2.19.